The minimum Gasteiger partial charge on any atom is -0.507 e. The molecule has 1 N–H and O–H groups in total. The van der Waals surface area contributed by atoms with Crippen molar-refractivity contribution in [3.8, 4) is 17.2 Å². The lowest BCUT2D eigenvalue weighted by atomic mass is 9.83. The fourth-order valence-corrected chi connectivity index (χ4v) is 6.26. The molecule has 9 nitrogen and oxygen atoms in total. The molecule has 6 rings (SSSR count). The Bertz CT molecular complexity index is 1870. The van der Waals surface area contributed by atoms with E-state index in [2.05, 4.69) is 6.07 Å². The van der Waals surface area contributed by atoms with Crippen molar-refractivity contribution in [1.82, 2.24) is 4.57 Å². The number of fused-ring (bicyclic) bond motifs is 3. The Morgan fingerprint density at radius 2 is 1.92 bits per heavy atom. The van der Waals surface area contributed by atoms with Crippen molar-refractivity contribution in [3.05, 3.63) is 118 Å². The Balaban J connectivity index is 1.65. The fourth-order valence-electron chi connectivity index (χ4n) is 5.26. The lowest BCUT2D eigenvalue weighted by molar-refractivity contribution is -0.384. The third-order valence-electron chi connectivity index (χ3n) is 7.11. The number of ether oxygens (including phenoxy) is 2. The maximum atomic E-state index is 14.0. The molecule has 2 heterocycles. The number of hydrogen-bond acceptors (Lipinski definition) is 8. The van der Waals surface area contributed by atoms with E-state index in [1.54, 1.807) is 18.8 Å². The zero-order valence-corrected chi connectivity index (χ0v) is 21.9. The molecule has 0 saturated heterocycles. The molecular formula is C29H23N3O6S. The van der Waals surface area contributed by atoms with Crippen molar-refractivity contribution < 1.29 is 19.5 Å². The Hall–Kier alpha value is -4.70. The van der Waals surface area contributed by atoms with Gasteiger partial charge in [-0.2, -0.15) is 0 Å². The van der Waals surface area contributed by atoms with Crippen molar-refractivity contribution >= 4 is 28.8 Å². The second-order valence-electron chi connectivity index (χ2n) is 9.22. The lowest BCUT2D eigenvalue weighted by Gasteiger charge is -2.31. The van der Waals surface area contributed by atoms with Crippen molar-refractivity contribution in [2.45, 2.75) is 18.9 Å². The van der Waals surface area contributed by atoms with Crippen LogP contribution < -0.4 is 24.4 Å². The topological polar surface area (TPSA) is 116 Å². The Labute approximate surface area is 226 Å². The molecule has 2 aliphatic rings. The quantitative estimate of drug-likeness (QED) is 0.302. The van der Waals surface area contributed by atoms with E-state index in [-0.39, 0.29) is 22.6 Å². The molecule has 0 saturated carbocycles. The molecule has 39 heavy (non-hydrogen) atoms. The van der Waals surface area contributed by atoms with Crippen molar-refractivity contribution in [1.29, 1.82) is 0 Å². The average molecular weight is 542 g/mol. The number of phenols is 1. The van der Waals surface area contributed by atoms with Crippen LogP contribution in [0.3, 0.4) is 0 Å². The first-order valence-electron chi connectivity index (χ1n) is 12.2. The number of non-ortho nitro benzene ring substituents is 1. The van der Waals surface area contributed by atoms with Gasteiger partial charge in [0, 0.05) is 28.8 Å². The number of nitrogens with zero attached hydrogens (tertiary/aromatic N) is 3. The maximum absolute atomic E-state index is 14.0. The highest BCUT2D eigenvalue weighted by molar-refractivity contribution is 7.07. The lowest BCUT2D eigenvalue weighted by Crippen LogP contribution is -2.39. The molecule has 0 amide bonds. The summed E-state index contributed by atoms with van der Waals surface area (Å²) < 4.78 is 13.2. The predicted octanol–water partition coefficient (Wildman–Crippen LogP) is 3.95. The van der Waals surface area contributed by atoms with Gasteiger partial charge in [-0.25, -0.2) is 4.99 Å². The first kappa shape index (κ1) is 24.6. The summed E-state index contributed by atoms with van der Waals surface area (Å²) in [7, 11) is 3.18. The SMILES string of the molecule is COc1ccc(OC)c(C2C3=C(N=c4s/c(=C\c5cc([N+](=O)[O-])ccc5O)c(=O)n42)c2ccccc2CC3)c1. The smallest absolute Gasteiger partial charge is 0.271 e. The van der Waals surface area contributed by atoms with Gasteiger partial charge >= 0.3 is 0 Å². The van der Waals surface area contributed by atoms with Crippen LogP contribution >= 0.6 is 11.3 Å². The number of phenolic OH excluding ortho intramolecular Hbond substituents is 1. The first-order valence-corrected chi connectivity index (χ1v) is 13.0. The monoisotopic (exact) mass is 541 g/mol. The van der Waals surface area contributed by atoms with E-state index < -0.39 is 11.0 Å². The van der Waals surface area contributed by atoms with Gasteiger partial charge in [-0.05, 0) is 54.3 Å². The molecule has 0 bridgehead atoms. The molecule has 1 unspecified atom stereocenters. The van der Waals surface area contributed by atoms with Crippen LogP contribution in [0.4, 0.5) is 5.69 Å². The standard InChI is InChI=1S/C29H23N3O6S/c1-37-19-9-12-24(38-2)22(15-19)27-21-10-7-16-5-3-4-6-20(16)26(21)30-29-31(27)28(34)25(39-29)14-17-13-18(32(35)36)8-11-23(17)33/h3-6,8-9,11-15,27,33H,7,10H2,1-2H3/b25-14-. The third-order valence-corrected chi connectivity index (χ3v) is 8.10. The summed E-state index contributed by atoms with van der Waals surface area (Å²) in [6.07, 6.45) is 2.98. The van der Waals surface area contributed by atoms with E-state index >= 15 is 0 Å². The van der Waals surface area contributed by atoms with Crippen LogP contribution in [0.15, 0.2) is 76.0 Å². The van der Waals surface area contributed by atoms with Gasteiger partial charge in [-0.3, -0.25) is 19.5 Å². The summed E-state index contributed by atoms with van der Waals surface area (Å²) in [5.74, 6) is 1.08. The van der Waals surface area contributed by atoms with Crippen LogP contribution in [-0.2, 0) is 6.42 Å². The number of aromatic hydroxyl groups is 1. The van der Waals surface area contributed by atoms with Crippen molar-refractivity contribution in [2.24, 2.45) is 4.99 Å². The largest absolute Gasteiger partial charge is 0.507 e. The highest BCUT2D eigenvalue weighted by Gasteiger charge is 2.34. The summed E-state index contributed by atoms with van der Waals surface area (Å²) in [5.41, 5.74) is 4.50. The fraction of sp³-hybridized carbons (Fsp3) is 0.172. The number of nitro benzene ring substituents is 1. The van der Waals surface area contributed by atoms with Gasteiger partial charge in [-0.1, -0.05) is 35.6 Å². The first-order chi connectivity index (χ1) is 18.9. The van der Waals surface area contributed by atoms with Crippen LogP contribution in [0, 0.1) is 10.1 Å². The van der Waals surface area contributed by atoms with E-state index in [9.17, 15) is 20.0 Å². The van der Waals surface area contributed by atoms with E-state index in [4.69, 9.17) is 14.5 Å². The van der Waals surface area contributed by atoms with E-state index in [1.807, 2.05) is 36.4 Å². The average Bonchev–Trinajstić information content (AvgIpc) is 3.26. The second-order valence-corrected chi connectivity index (χ2v) is 10.2. The van der Waals surface area contributed by atoms with Crippen LogP contribution in [-0.4, -0.2) is 28.8 Å². The molecule has 1 aliphatic carbocycles. The zero-order valence-electron chi connectivity index (χ0n) is 21.1. The van der Waals surface area contributed by atoms with E-state index in [1.165, 1.54) is 41.2 Å². The van der Waals surface area contributed by atoms with Crippen LogP contribution in [0.25, 0.3) is 11.8 Å². The van der Waals surface area contributed by atoms with Gasteiger partial charge in [0.25, 0.3) is 11.2 Å². The number of benzene rings is 3. The minimum atomic E-state index is -0.543. The number of allylic oxidation sites excluding steroid dienone is 1. The summed E-state index contributed by atoms with van der Waals surface area (Å²) in [6, 6.07) is 16.8. The number of nitro groups is 1. The molecule has 0 radical (unpaired) electrons. The highest BCUT2D eigenvalue weighted by atomic mass is 32.1. The molecule has 1 atom stereocenters. The summed E-state index contributed by atoms with van der Waals surface area (Å²) in [4.78, 5) is 30.2. The summed E-state index contributed by atoms with van der Waals surface area (Å²) in [5, 5.41) is 21.7. The molecule has 3 aromatic carbocycles. The number of thiazole rings is 1. The van der Waals surface area contributed by atoms with Gasteiger partial charge in [0.05, 0.1) is 35.4 Å². The number of aromatic nitrogens is 1. The number of rotatable bonds is 5. The maximum Gasteiger partial charge on any atom is 0.271 e. The van der Waals surface area contributed by atoms with Gasteiger partial charge in [0.15, 0.2) is 4.80 Å². The highest BCUT2D eigenvalue weighted by Crippen LogP contribution is 2.44. The van der Waals surface area contributed by atoms with Crippen LogP contribution in [0.1, 0.15) is 34.7 Å². The van der Waals surface area contributed by atoms with Gasteiger partial charge in [-0.15, -0.1) is 0 Å². The minimum absolute atomic E-state index is 0.161. The van der Waals surface area contributed by atoms with Crippen molar-refractivity contribution in [2.75, 3.05) is 14.2 Å². The molecule has 0 fully saturated rings. The number of aryl methyl sites for hydroxylation is 1. The zero-order chi connectivity index (χ0) is 27.3. The number of methoxy groups -OCH3 is 2. The molecule has 196 valence electrons. The van der Waals surface area contributed by atoms with Crippen LogP contribution in [0.5, 0.6) is 17.2 Å². The molecule has 4 aromatic rings. The van der Waals surface area contributed by atoms with E-state index in [0.29, 0.717) is 27.3 Å². The van der Waals surface area contributed by atoms with Crippen LogP contribution in [0.2, 0.25) is 0 Å². The Morgan fingerprint density at radius 1 is 1.10 bits per heavy atom. The van der Waals surface area contributed by atoms with Gasteiger partial charge < -0.3 is 14.6 Å². The molecule has 1 aliphatic heterocycles. The molecular weight excluding hydrogens is 518 g/mol. The predicted molar refractivity (Wildman–Crippen MR) is 147 cm³/mol. The third kappa shape index (κ3) is 4.09. The Kier molecular flexibility index (Phi) is 6.03. The van der Waals surface area contributed by atoms with Crippen molar-refractivity contribution in [3.63, 3.8) is 0 Å². The number of hydrogen-bond donors (Lipinski definition) is 1. The van der Waals surface area contributed by atoms with Gasteiger partial charge in [0.2, 0.25) is 0 Å². The summed E-state index contributed by atoms with van der Waals surface area (Å²) in [6.45, 7) is 0. The van der Waals surface area contributed by atoms with E-state index in [0.717, 1.165) is 28.8 Å². The molecule has 0 spiro atoms. The molecule has 10 heteroatoms. The molecule has 1 aromatic heterocycles. The second kappa shape index (κ2) is 9.55. The Morgan fingerprint density at radius 3 is 2.69 bits per heavy atom. The summed E-state index contributed by atoms with van der Waals surface area (Å²) >= 11 is 1.17. The van der Waals surface area contributed by atoms with Gasteiger partial charge in [0.1, 0.15) is 17.2 Å². The normalized spacial score (nSPS) is 16.2.